The summed E-state index contributed by atoms with van der Waals surface area (Å²) >= 11 is 12.4. The summed E-state index contributed by atoms with van der Waals surface area (Å²) in [6.45, 7) is 0. The summed E-state index contributed by atoms with van der Waals surface area (Å²) in [4.78, 5) is 12.7. The first-order chi connectivity index (χ1) is 17.5. The molecule has 0 aliphatic heterocycles. The molecule has 1 aromatic heterocycles. The molecule has 196 valence electrons. The first-order valence-electron chi connectivity index (χ1n) is 12.3. The van der Waals surface area contributed by atoms with Gasteiger partial charge in [-0.25, -0.2) is 0 Å². The number of fused-ring (bicyclic) bond motifs is 3. The quantitative estimate of drug-likeness (QED) is 0.369. The lowest BCUT2D eigenvalue weighted by Crippen LogP contribution is -2.52. The molecule has 37 heavy (non-hydrogen) atoms. The minimum Gasteiger partial charge on any atom is -0.369 e. The predicted octanol–water partition coefficient (Wildman–Crippen LogP) is 6.74. The second kappa shape index (κ2) is 9.31. The van der Waals surface area contributed by atoms with E-state index in [0.717, 1.165) is 50.2 Å². The predicted molar refractivity (Wildman–Crippen MR) is 136 cm³/mol. The average molecular weight is 551 g/mol. The number of aromatic nitrogens is 3. The Kier molecular flexibility index (Phi) is 6.55. The van der Waals surface area contributed by atoms with Gasteiger partial charge in [-0.15, -0.1) is 10.2 Å². The molecule has 1 unspecified atom stereocenters. The Hall–Kier alpha value is -2.58. The Bertz CT molecular complexity index is 1330. The molecule has 1 heterocycles. The van der Waals surface area contributed by atoms with Crippen LogP contribution in [0.25, 0.3) is 11.4 Å². The van der Waals surface area contributed by atoms with Gasteiger partial charge in [0.1, 0.15) is 5.82 Å². The fraction of sp³-hybridized carbons (Fsp3) is 0.444. The number of hydrogen-bond acceptors (Lipinski definition) is 3. The minimum absolute atomic E-state index is 0.0160. The van der Waals surface area contributed by atoms with E-state index in [1.165, 1.54) is 12.1 Å². The lowest BCUT2D eigenvalue weighted by Gasteiger charge is -2.55. The van der Waals surface area contributed by atoms with E-state index in [2.05, 4.69) is 10.2 Å². The van der Waals surface area contributed by atoms with Gasteiger partial charge in [0.05, 0.1) is 5.56 Å². The molecule has 0 saturated heterocycles. The second-order valence-corrected chi connectivity index (χ2v) is 11.3. The van der Waals surface area contributed by atoms with Gasteiger partial charge < -0.3 is 10.3 Å². The highest BCUT2D eigenvalue weighted by Crippen LogP contribution is 2.61. The topological polar surface area (TPSA) is 73.8 Å². The number of nitrogens with two attached hydrogens (primary N) is 1. The SMILES string of the molecule is Cn1c(-c2ccccc2C(F)(F)F)nnc1C12CCC(C(Cc3ccc(Cl)cc3Cl)C(N)=O)(CC1)CC2. The highest BCUT2D eigenvalue weighted by Gasteiger charge is 2.55. The Balaban J connectivity index is 1.42. The summed E-state index contributed by atoms with van der Waals surface area (Å²) < 4.78 is 42.7. The third-order valence-corrected chi connectivity index (χ3v) is 9.24. The van der Waals surface area contributed by atoms with Crippen LogP contribution in [0.1, 0.15) is 55.5 Å². The molecule has 1 atom stereocenters. The third-order valence-electron chi connectivity index (χ3n) is 8.65. The van der Waals surface area contributed by atoms with Gasteiger partial charge in [0.25, 0.3) is 0 Å². The van der Waals surface area contributed by atoms with E-state index in [-0.39, 0.29) is 34.0 Å². The van der Waals surface area contributed by atoms with Crippen LogP contribution in [0.4, 0.5) is 13.2 Å². The van der Waals surface area contributed by atoms with E-state index in [9.17, 15) is 18.0 Å². The van der Waals surface area contributed by atoms with Crippen LogP contribution in [-0.4, -0.2) is 20.7 Å². The van der Waals surface area contributed by atoms with Crippen LogP contribution in [0, 0.1) is 11.3 Å². The fourth-order valence-corrected chi connectivity index (χ4v) is 7.04. The van der Waals surface area contributed by atoms with Crippen molar-refractivity contribution in [2.24, 2.45) is 24.1 Å². The van der Waals surface area contributed by atoms with Crippen molar-refractivity contribution in [1.29, 1.82) is 0 Å². The number of carbonyl (C=O) groups excluding carboxylic acids is 1. The summed E-state index contributed by atoms with van der Waals surface area (Å²) in [7, 11) is 1.73. The molecule has 6 rings (SSSR count). The molecule has 0 radical (unpaired) electrons. The van der Waals surface area contributed by atoms with Gasteiger partial charge in [-0.3, -0.25) is 4.79 Å². The van der Waals surface area contributed by atoms with E-state index >= 15 is 0 Å². The lowest BCUT2D eigenvalue weighted by atomic mass is 9.49. The van der Waals surface area contributed by atoms with Crippen molar-refractivity contribution >= 4 is 29.1 Å². The zero-order valence-electron chi connectivity index (χ0n) is 20.3. The average Bonchev–Trinajstić information content (AvgIpc) is 3.25. The molecule has 3 aliphatic rings. The number of benzene rings is 2. The van der Waals surface area contributed by atoms with Gasteiger partial charge in [0.15, 0.2) is 5.82 Å². The number of halogens is 5. The summed E-state index contributed by atoms with van der Waals surface area (Å²) in [5.74, 6) is 0.180. The molecule has 2 bridgehead atoms. The van der Waals surface area contributed by atoms with Crippen molar-refractivity contribution in [2.75, 3.05) is 0 Å². The molecule has 3 aromatic rings. The second-order valence-electron chi connectivity index (χ2n) is 10.5. The first kappa shape index (κ1) is 26.0. The standard InChI is InChI=1S/C27H27Cl2F3N4O/c1-36-23(18-4-2-3-5-19(18)27(30,31)32)34-35-24(36)26-11-8-25(9-12-26,10-13-26)20(22(33)37)14-16-6-7-17(28)15-21(16)29/h2-7,15,20H,8-14H2,1H3,(H2,33,37). The van der Waals surface area contributed by atoms with E-state index in [4.69, 9.17) is 28.9 Å². The van der Waals surface area contributed by atoms with Gasteiger partial charge in [0.2, 0.25) is 5.91 Å². The first-order valence-corrected chi connectivity index (χ1v) is 13.0. The normalized spacial score (nSPS) is 24.3. The zero-order valence-corrected chi connectivity index (χ0v) is 21.8. The summed E-state index contributed by atoms with van der Waals surface area (Å²) in [5.41, 5.74) is 5.51. The maximum Gasteiger partial charge on any atom is 0.417 e. The van der Waals surface area contributed by atoms with Crippen molar-refractivity contribution in [3.63, 3.8) is 0 Å². The van der Waals surface area contributed by atoms with Crippen LogP contribution in [0.5, 0.6) is 0 Å². The maximum absolute atomic E-state index is 13.6. The smallest absolute Gasteiger partial charge is 0.369 e. The van der Waals surface area contributed by atoms with Crippen LogP contribution in [0.3, 0.4) is 0 Å². The molecule has 3 saturated carbocycles. The maximum atomic E-state index is 13.6. The Morgan fingerprint density at radius 2 is 1.70 bits per heavy atom. The van der Waals surface area contributed by atoms with Gasteiger partial charge in [0, 0.05) is 34.0 Å². The molecule has 2 N–H and O–H groups in total. The molecule has 2 aromatic carbocycles. The van der Waals surface area contributed by atoms with E-state index < -0.39 is 11.7 Å². The number of nitrogens with zero attached hydrogens (tertiary/aromatic N) is 3. The number of carbonyl (C=O) groups is 1. The Labute approximate surface area is 223 Å². The molecule has 3 fully saturated rings. The molecule has 5 nitrogen and oxygen atoms in total. The van der Waals surface area contributed by atoms with Gasteiger partial charge in [-0.2, -0.15) is 13.2 Å². The molecule has 0 spiro atoms. The van der Waals surface area contributed by atoms with Crippen molar-refractivity contribution in [1.82, 2.24) is 14.8 Å². The summed E-state index contributed by atoms with van der Waals surface area (Å²) in [6.07, 6.45) is 0.551. The third kappa shape index (κ3) is 4.52. The van der Waals surface area contributed by atoms with Crippen LogP contribution < -0.4 is 5.73 Å². The lowest BCUT2D eigenvalue weighted by molar-refractivity contribution is -0.137. The molecule has 1 amide bonds. The molecule has 3 aliphatic carbocycles. The highest BCUT2D eigenvalue weighted by atomic mass is 35.5. The van der Waals surface area contributed by atoms with Crippen LogP contribution in [0.15, 0.2) is 42.5 Å². The fourth-order valence-electron chi connectivity index (χ4n) is 6.55. The number of alkyl halides is 3. The number of primary amides is 1. The van der Waals surface area contributed by atoms with Crippen LogP contribution in [-0.2, 0) is 29.9 Å². The summed E-state index contributed by atoms with van der Waals surface area (Å²) in [6, 6.07) is 10.7. The van der Waals surface area contributed by atoms with E-state index in [0.29, 0.717) is 22.3 Å². The number of rotatable bonds is 6. The van der Waals surface area contributed by atoms with Crippen molar-refractivity contribution in [3.8, 4) is 11.4 Å². The van der Waals surface area contributed by atoms with Crippen LogP contribution in [0.2, 0.25) is 10.0 Å². The Morgan fingerprint density at radius 1 is 1.05 bits per heavy atom. The highest BCUT2D eigenvalue weighted by molar-refractivity contribution is 6.35. The van der Waals surface area contributed by atoms with Gasteiger partial charge in [-0.1, -0.05) is 47.5 Å². The molecule has 10 heteroatoms. The minimum atomic E-state index is -4.49. The number of hydrogen-bond donors (Lipinski definition) is 1. The molecular formula is C27H27Cl2F3N4O. The van der Waals surface area contributed by atoms with Crippen molar-refractivity contribution in [2.45, 2.75) is 56.5 Å². The summed E-state index contributed by atoms with van der Waals surface area (Å²) in [5, 5.41) is 9.68. The van der Waals surface area contributed by atoms with E-state index in [1.807, 2.05) is 6.07 Å². The van der Waals surface area contributed by atoms with Crippen molar-refractivity contribution < 1.29 is 18.0 Å². The number of amides is 1. The largest absolute Gasteiger partial charge is 0.417 e. The zero-order chi connectivity index (χ0) is 26.6. The van der Waals surface area contributed by atoms with Gasteiger partial charge >= 0.3 is 6.18 Å². The van der Waals surface area contributed by atoms with Crippen molar-refractivity contribution in [3.05, 3.63) is 69.5 Å². The van der Waals surface area contributed by atoms with Crippen LogP contribution >= 0.6 is 23.2 Å². The molecular weight excluding hydrogens is 524 g/mol. The van der Waals surface area contributed by atoms with Gasteiger partial charge in [-0.05, 0) is 74.1 Å². The Morgan fingerprint density at radius 3 is 2.30 bits per heavy atom. The monoisotopic (exact) mass is 550 g/mol. The van der Waals surface area contributed by atoms with E-state index in [1.54, 1.807) is 29.8 Å².